The van der Waals surface area contributed by atoms with Crippen LogP contribution in [0.15, 0.2) is 16.7 Å². The maximum absolute atomic E-state index is 12.8. The number of furan rings is 1. The summed E-state index contributed by atoms with van der Waals surface area (Å²) in [6.45, 7) is 6.34. The van der Waals surface area contributed by atoms with Crippen LogP contribution in [0.4, 0.5) is 0 Å². The molecule has 0 aliphatic heterocycles. The first kappa shape index (κ1) is 18.9. The SMILES string of the molecule is CCC(CCO)C1CCC[C@H](NC(=O)c2coc3c(C)cc(C)nc23)C1. The summed E-state index contributed by atoms with van der Waals surface area (Å²) in [6.07, 6.45) is 7.79. The molecule has 0 radical (unpaired) electrons. The van der Waals surface area contributed by atoms with Crippen LogP contribution < -0.4 is 5.32 Å². The van der Waals surface area contributed by atoms with E-state index < -0.39 is 0 Å². The Morgan fingerprint density at radius 2 is 2.23 bits per heavy atom. The number of aromatic nitrogens is 1. The smallest absolute Gasteiger partial charge is 0.256 e. The summed E-state index contributed by atoms with van der Waals surface area (Å²) in [5, 5.41) is 12.5. The summed E-state index contributed by atoms with van der Waals surface area (Å²) >= 11 is 0. The van der Waals surface area contributed by atoms with Gasteiger partial charge in [0, 0.05) is 18.3 Å². The van der Waals surface area contributed by atoms with Crippen LogP contribution in [0.3, 0.4) is 0 Å². The van der Waals surface area contributed by atoms with Crippen molar-refractivity contribution < 1.29 is 14.3 Å². The lowest BCUT2D eigenvalue weighted by atomic mass is 9.75. The van der Waals surface area contributed by atoms with Crippen molar-refractivity contribution in [3.8, 4) is 0 Å². The normalized spacial score (nSPS) is 21.7. The van der Waals surface area contributed by atoms with Crippen LogP contribution in [0.25, 0.3) is 11.1 Å². The summed E-state index contributed by atoms with van der Waals surface area (Å²) in [5.74, 6) is 1.03. The van der Waals surface area contributed by atoms with Gasteiger partial charge in [-0.25, -0.2) is 4.98 Å². The number of aliphatic hydroxyl groups excluding tert-OH is 1. The van der Waals surface area contributed by atoms with E-state index >= 15 is 0 Å². The molecule has 0 spiro atoms. The zero-order chi connectivity index (χ0) is 18.7. The molecule has 2 unspecified atom stereocenters. The van der Waals surface area contributed by atoms with E-state index in [2.05, 4.69) is 17.2 Å². The molecule has 1 fully saturated rings. The topological polar surface area (TPSA) is 75.4 Å². The number of carbonyl (C=O) groups is 1. The van der Waals surface area contributed by atoms with Gasteiger partial charge in [-0.2, -0.15) is 0 Å². The van der Waals surface area contributed by atoms with E-state index in [0.717, 1.165) is 43.4 Å². The van der Waals surface area contributed by atoms with E-state index in [0.29, 0.717) is 28.5 Å². The molecular formula is C21H30N2O3. The first-order valence-electron chi connectivity index (χ1n) is 9.80. The Morgan fingerprint density at radius 1 is 1.42 bits per heavy atom. The number of amides is 1. The number of fused-ring (bicyclic) bond motifs is 1. The fraction of sp³-hybridized carbons (Fsp3) is 0.619. The quantitative estimate of drug-likeness (QED) is 0.814. The fourth-order valence-corrected chi connectivity index (χ4v) is 4.48. The average Bonchev–Trinajstić information content (AvgIpc) is 3.04. The molecular weight excluding hydrogens is 328 g/mol. The highest BCUT2D eigenvalue weighted by Gasteiger charge is 2.29. The van der Waals surface area contributed by atoms with Crippen molar-refractivity contribution in [1.29, 1.82) is 0 Å². The van der Waals surface area contributed by atoms with Gasteiger partial charge < -0.3 is 14.8 Å². The Morgan fingerprint density at radius 3 is 2.96 bits per heavy atom. The molecule has 0 bridgehead atoms. The predicted octanol–water partition coefficient (Wildman–Crippen LogP) is 4.14. The third-order valence-corrected chi connectivity index (χ3v) is 5.82. The first-order valence-corrected chi connectivity index (χ1v) is 9.80. The summed E-state index contributed by atoms with van der Waals surface area (Å²) in [7, 11) is 0. The lowest BCUT2D eigenvalue weighted by Gasteiger charge is -2.34. The molecule has 26 heavy (non-hydrogen) atoms. The predicted molar refractivity (Wildman–Crippen MR) is 102 cm³/mol. The highest BCUT2D eigenvalue weighted by atomic mass is 16.3. The third kappa shape index (κ3) is 3.93. The van der Waals surface area contributed by atoms with E-state index in [4.69, 9.17) is 4.42 Å². The summed E-state index contributed by atoms with van der Waals surface area (Å²) in [5.41, 5.74) is 3.75. The minimum atomic E-state index is -0.0953. The molecule has 2 aromatic heterocycles. The molecule has 1 saturated carbocycles. The second-order valence-corrected chi connectivity index (χ2v) is 7.69. The second-order valence-electron chi connectivity index (χ2n) is 7.69. The number of hydrogen-bond acceptors (Lipinski definition) is 4. The van der Waals surface area contributed by atoms with Gasteiger partial charge in [0.1, 0.15) is 17.3 Å². The molecule has 2 heterocycles. The average molecular weight is 358 g/mol. The van der Waals surface area contributed by atoms with Crippen molar-refractivity contribution in [1.82, 2.24) is 10.3 Å². The van der Waals surface area contributed by atoms with E-state index in [1.807, 2.05) is 19.9 Å². The van der Waals surface area contributed by atoms with Gasteiger partial charge in [0.2, 0.25) is 0 Å². The molecule has 3 rings (SSSR count). The van der Waals surface area contributed by atoms with E-state index in [1.54, 1.807) is 0 Å². The highest BCUT2D eigenvalue weighted by molar-refractivity contribution is 6.05. The van der Waals surface area contributed by atoms with Gasteiger partial charge in [0.15, 0.2) is 5.58 Å². The summed E-state index contributed by atoms with van der Waals surface area (Å²) in [6, 6.07) is 2.15. The monoisotopic (exact) mass is 358 g/mol. The number of aliphatic hydroxyl groups is 1. The van der Waals surface area contributed by atoms with Crippen molar-refractivity contribution in [2.24, 2.45) is 11.8 Å². The number of rotatable bonds is 6. The van der Waals surface area contributed by atoms with Crippen LogP contribution in [0.5, 0.6) is 0 Å². The Labute approximate surface area is 155 Å². The van der Waals surface area contributed by atoms with Crippen molar-refractivity contribution in [2.45, 2.75) is 65.3 Å². The van der Waals surface area contributed by atoms with Gasteiger partial charge >= 0.3 is 0 Å². The van der Waals surface area contributed by atoms with Crippen LogP contribution in [-0.2, 0) is 0 Å². The number of nitrogens with one attached hydrogen (secondary N) is 1. The van der Waals surface area contributed by atoms with Crippen LogP contribution in [-0.4, -0.2) is 28.6 Å². The fourth-order valence-electron chi connectivity index (χ4n) is 4.48. The zero-order valence-electron chi connectivity index (χ0n) is 16.0. The second kappa shape index (κ2) is 8.21. The molecule has 5 nitrogen and oxygen atoms in total. The number of aryl methyl sites for hydroxylation is 2. The van der Waals surface area contributed by atoms with Gasteiger partial charge in [-0.05, 0) is 56.6 Å². The number of pyridine rings is 1. The molecule has 1 aliphatic carbocycles. The van der Waals surface area contributed by atoms with Crippen molar-refractivity contribution in [3.05, 3.63) is 29.2 Å². The molecule has 2 N–H and O–H groups in total. The molecule has 0 aromatic carbocycles. The summed E-state index contributed by atoms with van der Waals surface area (Å²) in [4.78, 5) is 17.3. The van der Waals surface area contributed by atoms with Crippen molar-refractivity contribution in [3.63, 3.8) is 0 Å². The molecule has 3 atom stereocenters. The Balaban J connectivity index is 1.72. The van der Waals surface area contributed by atoms with E-state index in [9.17, 15) is 9.90 Å². The van der Waals surface area contributed by atoms with Crippen LogP contribution >= 0.6 is 0 Å². The lowest BCUT2D eigenvalue weighted by Crippen LogP contribution is -2.39. The van der Waals surface area contributed by atoms with E-state index in [-0.39, 0.29) is 18.6 Å². The van der Waals surface area contributed by atoms with E-state index in [1.165, 1.54) is 12.7 Å². The molecule has 1 amide bonds. The number of hydrogen-bond donors (Lipinski definition) is 2. The van der Waals surface area contributed by atoms with Crippen molar-refractivity contribution >= 4 is 17.0 Å². The standard InChI is InChI=1S/C21H30N2O3/c1-4-15(8-9-24)16-6-5-7-17(11-16)23-21(25)18-12-26-20-13(2)10-14(3)22-19(18)20/h10,12,15-17,24H,4-9,11H2,1-3H3,(H,23,25)/t15?,16?,17-/m0/s1. The maximum Gasteiger partial charge on any atom is 0.256 e. The first-order chi connectivity index (χ1) is 12.5. The molecule has 142 valence electrons. The molecule has 0 saturated heterocycles. The van der Waals surface area contributed by atoms with Crippen LogP contribution in [0.2, 0.25) is 0 Å². The minimum Gasteiger partial charge on any atom is -0.461 e. The van der Waals surface area contributed by atoms with Gasteiger partial charge in [0.25, 0.3) is 5.91 Å². The Kier molecular flexibility index (Phi) is 5.97. The summed E-state index contributed by atoms with van der Waals surface area (Å²) < 4.78 is 5.60. The Hall–Kier alpha value is -1.88. The Bertz CT molecular complexity index is 768. The molecule has 1 aliphatic rings. The van der Waals surface area contributed by atoms with Crippen LogP contribution in [0, 0.1) is 25.7 Å². The van der Waals surface area contributed by atoms with Gasteiger partial charge in [-0.1, -0.05) is 26.2 Å². The van der Waals surface area contributed by atoms with Gasteiger partial charge in [0.05, 0.1) is 0 Å². The van der Waals surface area contributed by atoms with Crippen molar-refractivity contribution in [2.75, 3.05) is 6.61 Å². The third-order valence-electron chi connectivity index (χ3n) is 5.82. The lowest BCUT2D eigenvalue weighted by molar-refractivity contribution is 0.0903. The van der Waals surface area contributed by atoms with Gasteiger partial charge in [-0.15, -0.1) is 0 Å². The van der Waals surface area contributed by atoms with Gasteiger partial charge in [-0.3, -0.25) is 4.79 Å². The maximum atomic E-state index is 12.8. The number of carbonyl (C=O) groups excluding carboxylic acids is 1. The number of nitrogens with zero attached hydrogens (tertiary/aromatic N) is 1. The minimum absolute atomic E-state index is 0.0953. The highest BCUT2D eigenvalue weighted by Crippen LogP contribution is 2.34. The zero-order valence-corrected chi connectivity index (χ0v) is 16.0. The molecule has 5 heteroatoms. The molecule has 2 aromatic rings. The van der Waals surface area contributed by atoms with Crippen LogP contribution in [0.1, 0.15) is 67.1 Å². The largest absolute Gasteiger partial charge is 0.461 e.